The van der Waals surface area contributed by atoms with E-state index in [4.69, 9.17) is 21.7 Å². The second-order valence-electron chi connectivity index (χ2n) is 5.71. The minimum atomic E-state index is -0.292. The molecule has 0 aliphatic rings. The number of carbonyl (C=O) groups excluding carboxylic acids is 1. The van der Waals surface area contributed by atoms with Gasteiger partial charge in [0.15, 0.2) is 5.11 Å². The number of thiocarbonyl (C=S) groups is 1. The molecule has 7 heteroatoms. The zero-order valence-corrected chi connectivity index (χ0v) is 17.8. The van der Waals surface area contributed by atoms with E-state index < -0.39 is 0 Å². The Balaban J connectivity index is 1.91. The van der Waals surface area contributed by atoms with E-state index in [2.05, 4.69) is 33.5 Å². The molecule has 0 saturated heterocycles. The number of benzene rings is 2. The van der Waals surface area contributed by atoms with Crippen LogP contribution in [0, 0.1) is 0 Å². The van der Waals surface area contributed by atoms with Gasteiger partial charge in [0.25, 0.3) is 5.91 Å². The molecule has 27 heavy (non-hydrogen) atoms. The molecule has 144 valence electrons. The molecule has 0 spiro atoms. The fraction of sp³-hybridized carbons (Fsp3) is 0.300. The van der Waals surface area contributed by atoms with Crippen LogP contribution in [0.3, 0.4) is 0 Å². The molecule has 1 amide bonds. The Hall–Kier alpha value is -2.12. The summed E-state index contributed by atoms with van der Waals surface area (Å²) in [6.07, 6.45) is 2.05. The van der Waals surface area contributed by atoms with E-state index in [1.807, 2.05) is 31.2 Å². The molecule has 0 atom stereocenters. The van der Waals surface area contributed by atoms with Crippen LogP contribution in [0.4, 0.5) is 5.69 Å². The zero-order chi connectivity index (χ0) is 19.6. The minimum Gasteiger partial charge on any atom is -0.494 e. The van der Waals surface area contributed by atoms with Crippen LogP contribution in [0.15, 0.2) is 46.9 Å². The molecule has 2 N–H and O–H groups in total. The number of nitrogens with one attached hydrogen (secondary N) is 2. The maximum atomic E-state index is 12.4. The lowest BCUT2D eigenvalue weighted by molar-refractivity contribution is 0.0977. The first kappa shape index (κ1) is 21.2. The number of halogens is 1. The third kappa shape index (κ3) is 6.84. The van der Waals surface area contributed by atoms with Gasteiger partial charge in [0.2, 0.25) is 0 Å². The third-order valence-corrected chi connectivity index (χ3v) is 4.42. The number of carbonyl (C=O) groups is 1. The van der Waals surface area contributed by atoms with E-state index in [9.17, 15) is 4.79 Å². The minimum absolute atomic E-state index is 0.226. The highest BCUT2D eigenvalue weighted by Gasteiger charge is 2.11. The Bertz CT molecular complexity index is 781. The Labute approximate surface area is 173 Å². The maximum absolute atomic E-state index is 12.4. The number of anilines is 1. The van der Waals surface area contributed by atoms with Crippen LogP contribution in [-0.4, -0.2) is 24.2 Å². The van der Waals surface area contributed by atoms with E-state index in [-0.39, 0.29) is 11.0 Å². The fourth-order valence-corrected chi connectivity index (χ4v) is 2.93. The number of rotatable bonds is 8. The summed E-state index contributed by atoms with van der Waals surface area (Å²) in [6.45, 7) is 5.30. The van der Waals surface area contributed by atoms with Crippen LogP contribution in [0.2, 0.25) is 0 Å². The Kier molecular flexibility index (Phi) is 8.54. The van der Waals surface area contributed by atoms with Crippen LogP contribution in [-0.2, 0) is 0 Å². The molecular formula is C20H23BrN2O3S. The molecule has 0 radical (unpaired) electrons. The zero-order valence-electron chi connectivity index (χ0n) is 15.4. The Morgan fingerprint density at radius 1 is 1.11 bits per heavy atom. The van der Waals surface area contributed by atoms with Gasteiger partial charge in [0.05, 0.1) is 17.7 Å². The summed E-state index contributed by atoms with van der Waals surface area (Å²) in [6, 6.07) is 12.6. The van der Waals surface area contributed by atoms with Crippen molar-refractivity contribution in [1.82, 2.24) is 5.32 Å². The second kappa shape index (κ2) is 10.9. The number of amides is 1. The van der Waals surface area contributed by atoms with Crippen molar-refractivity contribution in [2.75, 3.05) is 18.5 Å². The van der Waals surface area contributed by atoms with E-state index in [0.717, 1.165) is 34.5 Å². The quantitative estimate of drug-likeness (QED) is 0.429. The summed E-state index contributed by atoms with van der Waals surface area (Å²) in [5.74, 6) is 1.21. The van der Waals surface area contributed by atoms with Gasteiger partial charge in [-0.3, -0.25) is 10.1 Å². The van der Waals surface area contributed by atoms with E-state index in [1.165, 1.54) is 0 Å². The van der Waals surface area contributed by atoms with Gasteiger partial charge < -0.3 is 14.8 Å². The van der Waals surface area contributed by atoms with Crippen LogP contribution in [0.1, 0.15) is 37.0 Å². The van der Waals surface area contributed by atoms with Gasteiger partial charge in [-0.25, -0.2) is 0 Å². The van der Waals surface area contributed by atoms with Crippen LogP contribution in [0.5, 0.6) is 11.5 Å². The lowest BCUT2D eigenvalue weighted by Crippen LogP contribution is -2.34. The van der Waals surface area contributed by atoms with Crippen molar-refractivity contribution < 1.29 is 14.3 Å². The Morgan fingerprint density at radius 2 is 1.85 bits per heavy atom. The van der Waals surface area contributed by atoms with Gasteiger partial charge >= 0.3 is 0 Å². The van der Waals surface area contributed by atoms with Crippen molar-refractivity contribution in [2.24, 2.45) is 0 Å². The largest absolute Gasteiger partial charge is 0.494 e. The molecule has 0 saturated carbocycles. The molecule has 0 aliphatic heterocycles. The topological polar surface area (TPSA) is 59.6 Å². The summed E-state index contributed by atoms with van der Waals surface area (Å²) in [5, 5.41) is 5.88. The Morgan fingerprint density at radius 3 is 2.48 bits per heavy atom. The van der Waals surface area contributed by atoms with E-state index in [1.54, 1.807) is 18.2 Å². The highest BCUT2D eigenvalue weighted by Crippen LogP contribution is 2.26. The first-order valence-corrected chi connectivity index (χ1v) is 10.0. The summed E-state index contributed by atoms with van der Waals surface area (Å²) in [7, 11) is 0. The molecule has 5 nitrogen and oxygen atoms in total. The summed E-state index contributed by atoms with van der Waals surface area (Å²) in [4.78, 5) is 12.4. The monoisotopic (exact) mass is 450 g/mol. The molecule has 2 aromatic rings. The number of ether oxygens (including phenoxy) is 2. The highest BCUT2D eigenvalue weighted by atomic mass is 79.9. The molecular weight excluding hydrogens is 428 g/mol. The van der Waals surface area contributed by atoms with Gasteiger partial charge in [-0.1, -0.05) is 13.3 Å². The molecule has 2 rings (SSSR count). The maximum Gasteiger partial charge on any atom is 0.257 e. The SMILES string of the molecule is CCCCOc1ccc(C(=O)NC(=S)Nc2ccc(OCC)cc2)cc1Br. The molecule has 0 aliphatic carbocycles. The molecule has 2 aromatic carbocycles. The van der Waals surface area contributed by atoms with Crippen molar-refractivity contribution >= 4 is 44.9 Å². The first-order valence-electron chi connectivity index (χ1n) is 8.81. The van der Waals surface area contributed by atoms with Gasteiger partial charge in [0, 0.05) is 11.3 Å². The lowest BCUT2D eigenvalue weighted by atomic mass is 10.2. The van der Waals surface area contributed by atoms with Crippen molar-refractivity contribution in [3.05, 3.63) is 52.5 Å². The average molecular weight is 451 g/mol. The fourth-order valence-electron chi connectivity index (χ4n) is 2.22. The third-order valence-electron chi connectivity index (χ3n) is 3.60. The standard InChI is InChI=1S/C20H23BrN2O3S/c1-3-5-12-26-18-11-6-14(13-17(18)21)19(24)23-20(27)22-15-7-9-16(10-8-15)25-4-2/h6-11,13H,3-5,12H2,1-2H3,(H2,22,23,24,27). The highest BCUT2D eigenvalue weighted by molar-refractivity contribution is 9.10. The summed E-state index contributed by atoms with van der Waals surface area (Å²) >= 11 is 8.66. The number of hydrogen-bond donors (Lipinski definition) is 2. The van der Waals surface area contributed by atoms with E-state index in [0.29, 0.717) is 18.8 Å². The molecule has 0 fully saturated rings. The van der Waals surface area contributed by atoms with Crippen molar-refractivity contribution in [3.63, 3.8) is 0 Å². The predicted octanol–water partition coefficient (Wildman–Crippen LogP) is 5.15. The number of unbranched alkanes of at least 4 members (excludes halogenated alkanes) is 1. The predicted molar refractivity (Wildman–Crippen MR) is 116 cm³/mol. The van der Waals surface area contributed by atoms with Gasteiger partial charge in [-0.15, -0.1) is 0 Å². The molecule has 0 aromatic heterocycles. The summed E-state index contributed by atoms with van der Waals surface area (Å²) < 4.78 is 11.8. The molecule has 0 heterocycles. The van der Waals surface area contributed by atoms with Gasteiger partial charge in [-0.05, 0) is 84.0 Å². The van der Waals surface area contributed by atoms with Crippen molar-refractivity contribution in [1.29, 1.82) is 0 Å². The second-order valence-corrected chi connectivity index (χ2v) is 6.98. The smallest absolute Gasteiger partial charge is 0.257 e. The van der Waals surface area contributed by atoms with Crippen LogP contribution < -0.4 is 20.1 Å². The summed E-state index contributed by atoms with van der Waals surface area (Å²) in [5.41, 5.74) is 1.25. The van der Waals surface area contributed by atoms with Gasteiger partial charge in [-0.2, -0.15) is 0 Å². The van der Waals surface area contributed by atoms with E-state index >= 15 is 0 Å². The van der Waals surface area contributed by atoms with Crippen molar-refractivity contribution in [2.45, 2.75) is 26.7 Å². The lowest BCUT2D eigenvalue weighted by Gasteiger charge is -2.12. The van der Waals surface area contributed by atoms with Crippen LogP contribution >= 0.6 is 28.1 Å². The van der Waals surface area contributed by atoms with Crippen molar-refractivity contribution in [3.8, 4) is 11.5 Å². The van der Waals surface area contributed by atoms with Gasteiger partial charge in [0.1, 0.15) is 11.5 Å². The van der Waals surface area contributed by atoms with Crippen LogP contribution in [0.25, 0.3) is 0 Å². The molecule has 0 bridgehead atoms. The average Bonchev–Trinajstić information content (AvgIpc) is 2.65. The number of hydrogen-bond acceptors (Lipinski definition) is 4. The molecule has 0 unspecified atom stereocenters. The normalized spacial score (nSPS) is 10.2. The first-order chi connectivity index (χ1) is 13.0.